The van der Waals surface area contributed by atoms with E-state index >= 15 is 0 Å². The Balaban J connectivity index is 2.86. The highest BCUT2D eigenvalue weighted by atomic mass is 32.1. The van der Waals surface area contributed by atoms with Crippen LogP contribution >= 0.6 is 12.6 Å². The first-order valence-electron chi connectivity index (χ1n) is 4.73. The molecule has 0 aliphatic rings. The van der Waals surface area contributed by atoms with Crippen LogP contribution in [-0.4, -0.2) is 40.9 Å². The molecule has 0 spiro atoms. The second-order valence-corrected chi connectivity index (χ2v) is 3.47. The van der Waals surface area contributed by atoms with E-state index in [1.54, 1.807) is 12.1 Å². The summed E-state index contributed by atoms with van der Waals surface area (Å²) < 4.78 is 4.95. The second kappa shape index (κ2) is 6.09. The third-order valence-electron chi connectivity index (χ3n) is 1.99. The van der Waals surface area contributed by atoms with Crippen molar-refractivity contribution in [3.05, 3.63) is 24.0 Å². The maximum Gasteiger partial charge on any atom is 0.327 e. The molecule has 7 heteroatoms. The van der Waals surface area contributed by atoms with Crippen molar-refractivity contribution >= 4 is 24.5 Å². The summed E-state index contributed by atoms with van der Waals surface area (Å²) in [6, 6.07) is 2.12. The number of aliphatic carboxylic acids is 1. The van der Waals surface area contributed by atoms with Gasteiger partial charge in [-0.3, -0.25) is 4.79 Å². The van der Waals surface area contributed by atoms with Crippen LogP contribution in [0.25, 0.3) is 0 Å². The first kappa shape index (κ1) is 13.3. The summed E-state index contributed by atoms with van der Waals surface area (Å²) in [7, 11) is 1.40. The predicted molar refractivity (Wildman–Crippen MR) is 63.5 cm³/mol. The van der Waals surface area contributed by atoms with Gasteiger partial charge in [0.15, 0.2) is 5.69 Å². The van der Waals surface area contributed by atoms with E-state index in [1.165, 1.54) is 13.3 Å². The Labute approximate surface area is 103 Å². The number of hydrogen-bond donors (Lipinski definition) is 3. The molecule has 1 aromatic rings. The molecule has 2 N–H and O–H groups in total. The minimum atomic E-state index is -1.15. The highest BCUT2D eigenvalue weighted by Crippen LogP contribution is 2.14. The lowest BCUT2D eigenvalue weighted by atomic mass is 10.2. The van der Waals surface area contributed by atoms with Crippen molar-refractivity contribution in [1.82, 2.24) is 10.3 Å². The largest absolute Gasteiger partial charge is 0.494 e. The number of carbonyl (C=O) groups is 2. The van der Waals surface area contributed by atoms with Crippen LogP contribution in [0.4, 0.5) is 0 Å². The lowest BCUT2D eigenvalue weighted by Crippen LogP contribution is -2.42. The average molecular weight is 256 g/mol. The van der Waals surface area contributed by atoms with Gasteiger partial charge in [0.05, 0.1) is 7.11 Å². The van der Waals surface area contributed by atoms with Gasteiger partial charge in [0.2, 0.25) is 0 Å². The highest BCUT2D eigenvalue weighted by Gasteiger charge is 2.21. The molecule has 0 aliphatic heterocycles. The van der Waals surface area contributed by atoms with E-state index in [-0.39, 0.29) is 17.2 Å². The minimum Gasteiger partial charge on any atom is -0.494 e. The lowest BCUT2D eigenvalue weighted by molar-refractivity contribution is -0.138. The molecule has 0 radical (unpaired) electrons. The quantitative estimate of drug-likeness (QED) is 0.655. The van der Waals surface area contributed by atoms with Gasteiger partial charge in [-0.1, -0.05) is 0 Å². The number of hydrogen-bond acceptors (Lipinski definition) is 5. The van der Waals surface area contributed by atoms with Crippen molar-refractivity contribution in [2.45, 2.75) is 6.04 Å². The number of ether oxygens (including phenoxy) is 1. The fraction of sp³-hybridized carbons (Fsp3) is 0.300. The molecular formula is C10H12N2O4S. The zero-order valence-corrected chi connectivity index (χ0v) is 9.98. The Hall–Kier alpha value is -1.76. The van der Waals surface area contributed by atoms with Crippen LogP contribution in [0.5, 0.6) is 5.75 Å². The molecule has 1 rings (SSSR count). The Morgan fingerprint density at radius 3 is 2.88 bits per heavy atom. The SMILES string of the molecule is COc1cccnc1C(=O)N[C@@H](CS)C(=O)O. The first-order chi connectivity index (χ1) is 8.10. The van der Waals surface area contributed by atoms with E-state index in [1.807, 2.05) is 0 Å². The number of carbonyl (C=O) groups excluding carboxylic acids is 1. The maximum atomic E-state index is 11.7. The number of pyridine rings is 1. The molecule has 0 aromatic carbocycles. The minimum absolute atomic E-state index is 0.00375. The van der Waals surface area contributed by atoms with E-state index in [0.29, 0.717) is 0 Å². The summed E-state index contributed by atoms with van der Waals surface area (Å²) >= 11 is 3.84. The predicted octanol–water partition coefficient (Wildman–Crippen LogP) is 0.203. The van der Waals surface area contributed by atoms with E-state index in [2.05, 4.69) is 22.9 Å². The average Bonchev–Trinajstić information content (AvgIpc) is 2.35. The number of amides is 1. The Bertz CT molecular complexity index is 425. The van der Waals surface area contributed by atoms with Gasteiger partial charge in [-0.2, -0.15) is 12.6 Å². The molecule has 1 atom stereocenters. The third kappa shape index (κ3) is 3.35. The van der Waals surface area contributed by atoms with Gasteiger partial charge in [0.1, 0.15) is 11.8 Å². The van der Waals surface area contributed by atoms with Crippen molar-refractivity contribution in [1.29, 1.82) is 0 Å². The van der Waals surface area contributed by atoms with Gasteiger partial charge in [-0.15, -0.1) is 0 Å². The summed E-state index contributed by atoms with van der Waals surface area (Å²) in [5.74, 6) is -1.48. The number of nitrogens with one attached hydrogen (secondary N) is 1. The molecule has 0 saturated carbocycles. The van der Waals surface area contributed by atoms with Gasteiger partial charge in [0.25, 0.3) is 5.91 Å². The van der Waals surface area contributed by atoms with Crippen LogP contribution in [0.1, 0.15) is 10.5 Å². The number of carboxylic acids is 1. The monoisotopic (exact) mass is 256 g/mol. The van der Waals surface area contributed by atoms with Crippen molar-refractivity contribution in [2.24, 2.45) is 0 Å². The Kier molecular flexibility index (Phi) is 4.77. The van der Waals surface area contributed by atoms with Crippen LogP contribution in [0.15, 0.2) is 18.3 Å². The topological polar surface area (TPSA) is 88.5 Å². The summed E-state index contributed by atoms with van der Waals surface area (Å²) in [6.45, 7) is 0. The smallest absolute Gasteiger partial charge is 0.327 e. The van der Waals surface area contributed by atoms with Crippen LogP contribution in [0, 0.1) is 0 Å². The van der Waals surface area contributed by atoms with Crippen LogP contribution in [0.3, 0.4) is 0 Å². The van der Waals surface area contributed by atoms with Gasteiger partial charge in [0, 0.05) is 11.9 Å². The number of rotatable bonds is 5. The van der Waals surface area contributed by atoms with E-state index in [0.717, 1.165) is 0 Å². The van der Waals surface area contributed by atoms with Crippen LogP contribution in [0.2, 0.25) is 0 Å². The molecule has 6 nitrogen and oxygen atoms in total. The summed E-state index contributed by atoms with van der Waals surface area (Å²) in [4.78, 5) is 26.3. The fourth-order valence-corrected chi connectivity index (χ4v) is 1.39. The van der Waals surface area contributed by atoms with Crippen molar-refractivity contribution in [3.8, 4) is 5.75 Å². The molecule has 0 unspecified atom stereocenters. The van der Waals surface area contributed by atoms with Crippen molar-refractivity contribution in [3.63, 3.8) is 0 Å². The lowest BCUT2D eigenvalue weighted by Gasteiger charge is -2.12. The molecule has 1 aromatic heterocycles. The van der Waals surface area contributed by atoms with Crippen LogP contribution in [-0.2, 0) is 4.79 Å². The summed E-state index contributed by atoms with van der Waals surface area (Å²) in [5, 5.41) is 11.1. The third-order valence-corrected chi connectivity index (χ3v) is 2.36. The van der Waals surface area contributed by atoms with Crippen molar-refractivity contribution < 1.29 is 19.4 Å². The van der Waals surface area contributed by atoms with Gasteiger partial charge >= 0.3 is 5.97 Å². The number of carboxylic acid groups (broad SMARTS) is 1. The summed E-state index contributed by atoms with van der Waals surface area (Å²) in [5.41, 5.74) is 0.0445. The number of nitrogens with zero attached hydrogens (tertiary/aromatic N) is 1. The zero-order valence-electron chi connectivity index (χ0n) is 9.08. The number of thiol groups is 1. The maximum absolute atomic E-state index is 11.7. The van der Waals surface area contributed by atoms with Crippen molar-refractivity contribution in [2.75, 3.05) is 12.9 Å². The van der Waals surface area contributed by atoms with E-state index < -0.39 is 17.9 Å². The normalized spacial score (nSPS) is 11.6. The second-order valence-electron chi connectivity index (χ2n) is 3.10. The first-order valence-corrected chi connectivity index (χ1v) is 5.37. The van der Waals surface area contributed by atoms with Gasteiger partial charge in [-0.05, 0) is 12.1 Å². The molecule has 0 aliphatic carbocycles. The molecule has 0 saturated heterocycles. The van der Waals surface area contributed by atoms with Crippen LogP contribution < -0.4 is 10.1 Å². The highest BCUT2D eigenvalue weighted by molar-refractivity contribution is 7.80. The van der Waals surface area contributed by atoms with E-state index in [4.69, 9.17) is 9.84 Å². The molecule has 0 bridgehead atoms. The van der Waals surface area contributed by atoms with E-state index in [9.17, 15) is 9.59 Å². The number of aromatic nitrogens is 1. The standard InChI is InChI=1S/C10H12N2O4S/c1-16-7-3-2-4-11-8(7)9(13)12-6(5-17)10(14)15/h2-4,6,17H,5H2,1H3,(H,12,13)(H,14,15)/t6-/m0/s1. The van der Waals surface area contributed by atoms with Gasteiger partial charge in [-0.25, -0.2) is 9.78 Å². The fourth-order valence-electron chi connectivity index (χ4n) is 1.14. The zero-order chi connectivity index (χ0) is 12.8. The molecule has 0 fully saturated rings. The molecule has 92 valence electrons. The van der Waals surface area contributed by atoms with Gasteiger partial charge < -0.3 is 15.2 Å². The number of methoxy groups -OCH3 is 1. The molecular weight excluding hydrogens is 244 g/mol. The Morgan fingerprint density at radius 2 is 2.35 bits per heavy atom. The summed E-state index contributed by atoms with van der Waals surface area (Å²) in [6.07, 6.45) is 1.42. The Morgan fingerprint density at radius 1 is 1.65 bits per heavy atom. The molecule has 1 amide bonds. The molecule has 17 heavy (non-hydrogen) atoms. The molecule has 1 heterocycles.